The quantitative estimate of drug-likeness (QED) is 0.916. The SMILES string of the molecule is CCC(CC)c1nc2cc3c(cc2n1CC(=O)O)OCO3. The Labute approximate surface area is 122 Å². The van der Waals surface area contributed by atoms with E-state index in [0.29, 0.717) is 11.5 Å². The normalized spacial score (nSPS) is 13.3. The molecule has 0 spiro atoms. The van der Waals surface area contributed by atoms with Crippen LogP contribution in [0.15, 0.2) is 12.1 Å². The molecule has 0 fully saturated rings. The second-order valence-electron chi connectivity index (χ2n) is 5.16. The van der Waals surface area contributed by atoms with Gasteiger partial charge in [-0.05, 0) is 12.8 Å². The number of carboxylic acids is 1. The van der Waals surface area contributed by atoms with Gasteiger partial charge >= 0.3 is 5.97 Å². The van der Waals surface area contributed by atoms with Crippen LogP contribution in [0.5, 0.6) is 11.5 Å². The van der Waals surface area contributed by atoms with Crippen LogP contribution in [-0.4, -0.2) is 27.4 Å². The molecule has 2 heterocycles. The highest BCUT2D eigenvalue weighted by Crippen LogP contribution is 2.37. The zero-order chi connectivity index (χ0) is 15.0. The molecular weight excluding hydrogens is 272 g/mol. The zero-order valence-electron chi connectivity index (χ0n) is 12.1. The van der Waals surface area contributed by atoms with Gasteiger partial charge in [0.2, 0.25) is 6.79 Å². The largest absolute Gasteiger partial charge is 0.480 e. The maximum atomic E-state index is 11.2. The minimum Gasteiger partial charge on any atom is -0.480 e. The third-order valence-electron chi connectivity index (χ3n) is 3.92. The molecule has 6 heteroatoms. The predicted molar refractivity (Wildman–Crippen MR) is 76.8 cm³/mol. The lowest BCUT2D eigenvalue weighted by Gasteiger charge is -2.14. The lowest BCUT2D eigenvalue weighted by atomic mass is 10.0. The number of imidazole rings is 1. The topological polar surface area (TPSA) is 73.6 Å². The fourth-order valence-corrected chi connectivity index (χ4v) is 2.80. The molecule has 2 aromatic rings. The predicted octanol–water partition coefficient (Wildman–Crippen LogP) is 2.75. The number of fused-ring (bicyclic) bond motifs is 2. The summed E-state index contributed by atoms with van der Waals surface area (Å²) in [5, 5.41) is 9.19. The summed E-state index contributed by atoms with van der Waals surface area (Å²) in [6.45, 7) is 4.28. The molecule has 1 N–H and O–H groups in total. The molecule has 0 aliphatic carbocycles. The van der Waals surface area contributed by atoms with Gasteiger partial charge < -0.3 is 19.1 Å². The van der Waals surface area contributed by atoms with Gasteiger partial charge in [0.1, 0.15) is 12.4 Å². The van der Waals surface area contributed by atoms with Gasteiger partial charge in [0, 0.05) is 18.1 Å². The summed E-state index contributed by atoms with van der Waals surface area (Å²) in [6, 6.07) is 3.64. The van der Waals surface area contributed by atoms with E-state index in [1.54, 1.807) is 4.57 Å². The Morgan fingerprint density at radius 3 is 2.62 bits per heavy atom. The number of hydrogen-bond donors (Lipinski definition) is 1. The summed E-state index contributed by atoms with van der Waals surface area (Å²) in [7, 11) is 0. The molecule has 0 saturated carbocycles. The van der Waals surface area contributed by atoms with Crippen LogP contribution in [0.2, 0.25) is 0 Å². The molecular formula is C15H18N2O4. The number of aromatic nitrogens is 2. The van der Waals surface area contributed by atoms with Crippen LogP contribution in [0.1, 0.15) is 38.4 Å². The molecule has 3 rings (SSSR count). The van der Waals surface area contributed by atoms with Gasteiger partial charge in [-0.15, -0.1) is 0 Å². The summed E-state index contributed by atoms with van der Waals surface area (Å²) in [4.78, 5) is 15.8. The van der Waals surface area contributed by atoms with Crippen molar-refractivity contribution in [1.82, 2.24) is 9.55 Å². The highest BCUT2D eigenvalue weighted by molar-refractivity contribution is 5.82. The van der Waals surface area contributed by atoms with Crippen LogP contribution in [0.4, 0.5) is 0 Å². The molecule has 21 heavy (non-hydrogen) atoms. The van der Waals surface area contributed by atoms with Crippen LogP contribution in [0.25, 0.3) is 11.0 Å². The first-order valence-electron chi connectivity index (χ1n) is 7.15. The van der Waals surface area contributed by atoms with Crippen molar-refractivity contribution >= 4 is 17.0 Å². The number of benzene rings is 1. The van der Waals surface area contributed by atoms with Crippen molar-refractivity contribution in [1.29, 1.82) is 0 Å². The third kappa shape index (κ3) is 2.30. The zero-order valence-corrected chi connectivity index (χ0v) is 12.1. The fourth-order valence-electron chi connectivity index (χ4n) is 2.80. The number of hydrogen-bond acceptors (Lipinski definition) is 4. The number of carbonyl (C=O) groups is 1. The molecule has 1 aliphatic rings. The van der Waals surface area contributed by atoms with Gasteiger partial charge in [-0.2, -0.15) is 0 Å². The summed E-state index contributed by atoms with van der Waals surface area (Å²) in [6.07, 6.45) is 1.85. The van der Waals surface area contributed by atoms with E-state index in [-0.39, 0.29) is 19.3 Å². The Morgan fingerprint density at radius 2 is 2.00 bits per heavy atom. The Hall–Kier alpha value is -2.24. The summed E-state index contributed by atoms with van der Waals surface area (Å²) in [5.41, 5.74) is 1.53. The molecule has 112 valence electrons. The molecule has 1 aliphatic heterocycles. The molecule has 0 radical (unpaired) electrons. The average Bonchev–Trinajstić information content (AvgIpc) is 3.03. The van der Waals surface area contributed by atoms with E-state index in [4.69, 9.17) is 9.47 Å². The average molecular weight is 290 g/mol. The van der Waals surface area contributed by atoms with Gasteiger partial charge in [0.25, 0.3) is 0 Å². The first-order valence-corrected chi connectivity index (χ1v) is 7.15. The van der Waals surface area contributed by atoms with Crippen molar-refractivity contribution in [3.8, 4) is 11.5 Å². The van der Waals surface area contributed by atoms with Crippen LogP contribution < -0.4 is 9.47 Å². The Kier molecular flexibility index (Phi) is 3.45. The van der Waals surface area contributed by atoms with Gasteiger partial charge in [0.05, 0.1) is 11.0 Å². The Bertz CT molecular complexity index is 689. The number of rotatable bonds is 5. The second kappa shape index (κ2) is 5.27. The number of aliphatic carboxylic acids is 1. The first kappa shape index (κ1) is 13.7. The van der Waals surface area contributed by atoms with Gasteiger partial charge in [-0.25, -0.2) is 4.98 Å². The molecule has 0 bridgehead atoms. The van der Waals surface area contributed by atoms with E-state index in [0.717, 1.165) is 29.7 Å². The first-order chi connectivity index (χ1) is 10.1. The van der Waals surface area contributed by atoms with Crippen LogP contribution in [-0.2, 0) is 11.3 Å². The smallest absolute Gasteiger partial charge is 0.323 e. The molecule has 0 unspecified atom stereocenters. The van der Waals surface area contributed by atoms with Crippen LogP contribution in [0.3, 0.4) is 0 Å². The molecule has 0 saturated heterocycles. The number of ether oxygens (including phenoxy) is 2. The van der Waals surface area contributed by atoms with Crippen molar-refractivity contribution in [2.45, 2.75) is 39.2 Å². The molecule has 6 nitrogen and oxygen atoms in total. The molecule has 1 aromatic carbocycles. The van der Waals surface area contributed by atoms with Crippen molar-refractivity contribution < 1.29 is 19.4 Å². The maximum Gasteiger partial charge on any atom is 0.323 e. The number of carboxylic acid groups (broad SMARTS) is 1. The van der Waals surface area contributed by atoms with Crippen LogP contribution >= 0.6 is 0 Å². The van der Waals surface area contributed by atoms with Gasteiger partial charge in [-0.3, -0.25) is 4.79 Å². The monoisotopic (exact) mass is 290 g/mol. The highest BCUT2D eigenvalue weighted by atomic mass is 16.7. The van der Waals surface area contributed by atoms with E-state index < -0.39 is 5.97 Å². The van der Waals surface area contributed by atoms with E-state index in [2.05, 4.69) is 18.8 Å². The van der Waals surface area contributed by atoms with Crippen LogP contribution in [0, 0.1) is 0 Å². The Morgan fingerprint density at radius 1 is 1.33 bits per heavy atom. The summed E-state index contributed by atoms with van der Waals surface area (Å²) >= 11 is 0. The molecule has 0 amide bonds. The van der Waals surface area contributed by atoms with Gasteiger partial charge in [-0.1, -0.05) is 13.8 Å². The van der Waals surface area contributed by atoms with Crippen molar-refractivity contribution in [2.75, 3.05) is 6.79 Å². The standard InChI is InChI=1S/C15H18N2O4/c1-3-9(4-2)15-16-10-5-12-13(21-8-20-12)6-11(10)17(15)7-14(18)19/h5-6,9H,3-4,7-8H2,1-2H3,(H,18,19). The minimum atomic E-state index is -0.876. The fraction of sp³-hybridized carbons (Fsp3) is 0.467. The van der Waals surface area contributed by atoms with Gasteiger partial charge in [0.15, 0.2) is 11.5 Å². The lowest BCUT2D eigenvalue weighted by Crippen LogP contribution is -2.14. The van der Waals surface area contributed by atoms with E-state index in [1.165, 1.54) is 0 Å². The van der Waals surface area contributed by atoms with Crippen molar-refractivity contribution in [2.24, 2.45) is 0 Å². The molecule has 0 atom stereocenters. The lowest BCUT2D eigenvalue weighted by molar-refractivity contribution is -0.137. The van der Waals surface area contributed by atoms with Crippen molar-refractivity contribution in [3.63, 3.8) is 0 Å². The van der Waals surface area contributed by atoms with E-state index in [1.807, 2.05) is 12.1 Å². The molecule has 1 aromatic heterocycles. The summed E-state index contributed by atoms with van der Waals surface area (Å²) < 4.78 is 12.5. The second-order valence-corrected chi connectivity index (χ2v) is 5.16. The summed E-state index contributed by atoms with van der Waals surface area (Å²) in [5.74, 6) is 1.50. The number of nitrogens with zero attached hydrogens (tertiary/aromatic N) is 2. The van der Waals surface area contributed by atoms with E-state index in [9.17, 15) is 9.90 Å². The maximum absolute atomic E-state index is 11.2. The Balaban J connectivity index is 2.19. The van der Waals surface area contributed by atoms with Crippen molar-refractivity contribution in [3.05, 3.63) is 18.0 Å². The highest BCUT2D eigenvalue weighted by Gasteiger charge is 2.23. The minimum absolute atomic E-state index is 0.0953. The van der Waals surface area contributed by atoms with E-state index >= 15 is 0 Å². The third-order valence-corrected chi connectivity index (χ3v) is 3.92.